The van der Waals surface area contributed by atoms with Gasteiger partial charge in [-0.25, -0.2) is 4.98 Å². The highest BCUT2D eigenvalue weighted by atomic mass is 32.1. The maximum absolute atomic E-state index is 12.6. The fraction of sp³-hybridized carbons (Fsp3) is 0.0833. The number of fused-ring (bicyclic) bond motifs is 1. The predicted octanol–water partition coefficient (Wildman–Crippen LogP) is 4.38. The summed E-state index contributed by atoms with van der Waals surface area (Å²) in [6.07, 6.45) is 3.12. The van der Waals surface area contributed by atoms with Crippen molar-refractivity contribution in [2.45, 2.75) is 6.54 Å². The average molecular weight is 443 g/mol. The van der Waals surface area contributed by atoms with Gasteiger partial charge in [0.25, 0.3) is 11.8 Å². The van der Waals surface area contributed by atoms with Crippen molar-refractivity contribution in [1.29, 1.82) is 0 Å². The number of hydrogen-bond donors (Lipinski definition) is 1. The fourth-order valence-corrected chi connectivity index (χ4v) is 4.15. The number of rotatable bonds is 5. The number of amides is 2. The molecule has 0 saturated heterocycles. The second kappa shape index (κ2) is 8.60. The molecule has 0 saturated carbocycles. The molecular formula is C24H18N4O3S. The van der Waals surface area contributed by atoms with Crippen LogP contribution in [-0.4, -0.2) is 28.4 Å². The van der Waals surface area contributed by atoms with Crippen LogP contribution >= 0.6 is 11.3 Å². The van der Waals surface area contributed by atoms with E-state index in [9.17, 15) is 9.59 Å². The van der Waals surface area contributed by atoms with E-state index in [0.29, 0.717) is 34.4 Å². The Labute approximate surface area is 188 Å². The van der Waals surface area contributed by atoms with Crippen molar-refractivity contribution in [3.05, 3.63) is 89.6 Å². The van der Waals surface area contributed by atoms with Gasteiger partial charge >= 0.3 is 0 Å². The molecule has 2 aromatic carbocycles. The van der Waals surface area contributed by atoms with Gasteiger partial charge in [-0.3, -0.25) is 19.9 Å². The lowest BCUT2D eigenvalue weighted by Crippen LogP contribution is -2.38. The molecule has 0 fully saturated rings. The van der Waals surface area contributed by atoms with E-state index in [0.717, 1.165) is 11.1 Å². The molecule has 3 heterocycles. The third-order valence-electron chi connectivity index (χ3n) is 5.03. The second-order valence-corrected chi connectivity index (χ2v) is 8.03. The van der Waals surface area contributed by atoms with Crippen LogP contribution in [0.4, 0.5) is 10.8 Å². The highest BCUT2D eigenvalue weighted by Gasteiger charge is 2.26. The molecule has 1 N–H and O–H groups in total. The molecule has 32 heavy (non-hydrogen) atoms. The first-order valence-electron chi connectivity index (χ1n) is 9.96. The topological polar surface area (TPSA) is 84.4 Å². The van der Waals surface area contributed by atoms with Crippen molar-refractivity contribution in [2.24, 2.45) is 0 Å². The molecule has 2 amide bonds. The molecule has 8 heteroatoms. The minimum absolute atomic E-state index is 0.0143. The van der Waals surface area contributed by atoms with Crippen molar-refractivity contribution < 1.29 is 14.3 Å². The summed E-state index contributed by atoms with van der Waals surface area (Å²) in [6.45, 7) is 0.476. The zero-order valence-corrected chi connectivity index (χ0v) is 17.7. The van der Waals surface area contributed by atoms with Gasteiger partial charge in [-0.1, -0.05) is 30.3 Å². The molecule has 0 spiro atoms. The van der Waals surface area contributed by atoms with Gasteiger partial charge in [0.1, 0.15) is 5.75 Å². The maximum atomic E-state index is 12.6. The average Bonchev–Trinajstić information content (AvgIpc) is 3.30. The largest absolute Gasteiger partial charge is 0.482 e. The smallest absolute Gasteiger partial charge is 0.265 e. The Balaban J connectivity index is 1.40. The SMILES string of the molecule is O=C(Nc1nc(-c2ccc3c(c2)N(Cc2ccccc2)C(=O)CO3)cs1)c1cccnc1. The van der Waals surface area contributed by atoms with Gasteiger partial charge in [0.2, 0.25) is 0 Å². The van der Waals surface area contributed by atoms with Crippen molar-refractivity contribution >= 4 is 34.0 Å². The quantitative estimate of drug-likeness (QED) is 0.496. The van der Waals surface area contributed by atoms with Gasteiger partial charge < -0.3 is 9.64 Å². The number of hydrogen-bond acceptors (Lipinski definition) is 6. The second-order valence-electron chi connectivity index (χ2n) is 7.17. The normalized spacial score (nSPS) is 12.8. The van der Waals surface area contributed by atoms with Crippen LogP contribution in [0.3, 0.4) is 0 Å². The third-order valence-corrected chi connectivity index (χ3v) is 5.79. The maximum Gasteiger partial charge on any atom is 0.265 e. The minimum atomic E-state index is -0.266. The molecule has 1 aliphatic rings. The van der Waals surface area contributed by atoms with Crippen LogP contribution in [0.15, 0.2) is 78.4 Å². The van der Waals surface area contributed by atoms with Crippen LogP contribution in [0.25, 0.3) is 11.3 Å². The molecule has 158 valence electrons. The van der Waals surface area contributed by atoms with Crippen molar-refractivity contribution in [3.63, 3.8) is 0 Å². The van der Waals surface area contributed by atoms with E-state index in [2.05, 4.69) is 15.3 Å². The molecule has 5 rings (SSSR count). The summed E-state index contributed by atoms with van der Waals surface area (Å²) in [6, 6.07) is 18.9. The lowest BCUT2D eigenvalue weighted by molar-refractivity contribution is -0.121. The summed E-state index contributed by atoms with van der Waals surface area (Å²) in [5.41, 5.74) is 3.74. The van der Waals surface area contributed by atoms with Gasteiger partial charge in [-0.05, 0) is 35.9 Å². The fourth-order valence-electron chi connectivity index (χ4n) is 3.43. The van der Waals surface area contributed by atoms with Crippen molar-refractivity contribution in [1.82, 2.24) is 9.97 Å². The first-order chi connectivity index (χ1) is 15.7. The van der Waals surface area contributed by atoms with Crippen molar-refractivity contribution in [2.75, 3.05) is 16.8 Å². The summed E-state index contributed by atoms with van der Waals surface area (Å²) >= 11 is 1.33. The van der Waals surface area contributed by atoms with Gasteiger partial charge in [-0.2, -0.15) is 0 Å². The molecular weight excluding hydrogens is 424 g/mol. The van der Waals surface area contributed by atoms with Crippen molar-refractivity contribution in [3.8, 4) is 17.0 Å². The summed E-state index contributed by atoms with van der Waals surface area (Å²) < 4.78 is 5.63. The van der Waals surface area contributed by atoms with E-state index in [4.69, 9.17) is 4.74 Å². The zero-order valence-electron chi connectivity index (χ0n) is 16.9. The Morgan fingerprint density at radius 1 is 1.12 bits per heavy atom. The van der Waals surface area contributed by atoms with E-state index < -0.39 is 0 Å². The molecule has 2 aromatic heterocycles. The van der Waals surface area contributed by atoms with Crippen LogP contribution in [0.1, 0.15) is 15.9 Å². The standard InChI is InChI=1S/C24H18N4O3S/c29-22-14-31-21-9-8-17(11-20(21)28(22)13-16-5-2-1-3-6-16)19-15-32-24(26-19)27-23(30)18-7-4-10-25-12-18/h1-12,15H,13-14H2,(H,26,27,30). The van der Waals surface area contributed by atoms with Gasteiger partial charge in [0, 0.05) is 23.3 Å². The summed E-state index contributed by atoms with van der Waals surface area (Å²) in [5, 5.41) is 5.15. The number of carbonyl (C=O) groups is 2. The molecule has 0 unspecified atom stereocenters. The lowest BCUT2D eigenvalue weighted by atomic mass is 10.1. The number of aromatic nitrogens is 2. The molecule has 0 radical (unpaired) electrons. The molecule has 0 aliphatic carbocycles. The number of benzene rings is 2. The van der Waals surface area contributed by atoms with Crippen LogP contribution in [0.2, 0.25) is 0 Å². The minimum Gasteiger partial charge on any atom is -0.482 e. The molecule has 4 aromatic rings. The zero-order chi connectivity index (χ0) is 21.9. The summed E-state index contributed by atoms with van der Waals surface area (Å²) in [4.78, 5) is 35.2. The van der Waals surface area contributed by atoms with Crippen LogP contribution in [0, 0.1) is 0 Å². The summed E-state index contributed by atoms with van der Waals surface area (Å²) in [5.74, 6) is 0.295. The van der Waals surface area contributed by atoms with Gasteiger partial charge in [-0.15, -0.1) is 11.3 Å². The Hall–Kier alpha value is -4.04. The van der Waals surface area contributed by atoms with Crippen LogP contribution in [-0.2, 0) is 11.3 Å². The third kappa shape index (κ3) is 4.08. The number of nitrogens with one attached hydrogen (secondary N) is 1. The Morgan fingerprint density at radius 2 is 2.00 bits per heavy atom. The number of anilines is 2. The highest BCUT2D eigenvalue weighted by Crippen LogP contribution is 2.37. The number of ether oxygens (including phenoxy) is 1. The van der Waals surface area contributed by atoms with Gasteiger partial charge in [0.05, 0.1) is 23.5 Å². The van der Waals surface area contributed by atoms with Crippen LogP contribution in [0.5, 0.6) is 5.75 Å². The van der Waals surface area contributed by atoms with E-state index in [-0.39, 0.29) is 18.4 Å². The van der Waals surface area contributed by atoms with E-state index in [1.165, 1.54) is 17.5 Å². The Kier molecular flexibility index (Phi) is 5.35. The highest BCUT2D eigenvalue weighted by molar-refractivity contribution is 7.14. The molecule has 7 nitrogen and oxygen atoms in total. The molecule has 0 bridgehead atoms. The number of carbonyl (C=O) groups excluding carboxylic acids is 2. The van der Waals surface area contributed by atoms with Gasteiger partial charge in [0.15, 0.2) is 11.7 Å². The number of thiazole rings is 1. The molecule has 0 atom stereocenters. The van der Waals surface area contributed by atoms with E-state index >= 15 is 0 Å². The number of pyridine rings is 1. The Bertz CT molecular complexity index is 1270. The lowest BCUT2D eigenvalue weighted by Gasteiger charge is -2.29. The Morgan fingerprint density at radius 3 is 2.81 bits per heavy atom. The van der Waals surface area contributed by atoms with E-state index in [1.807, 2.05) is 53.9 Å². The monoisotopic (exact) mass is 442 g/mol. The molecule has 1 aliphatic heterocycles. The summed E-state index contributed by atoms with van der Waals surface area (Å²) in [7, 11) is 0. The van der Waals surface area contributed by atoms with E-state index in [1.54, 1.807) is 23.2 Å². The number of nitrogens with zero attached hydrogens (tertiary/aromatic N) is 3. The first kappa shape index (κ1) is 19.9. The van der Waals surface area contributed by atoms with Crippen LogP contribution < -0.4 is 15.0 Å². The predicted molar refractivity (Wildman–Crippen MR) is 123 cm³/mol. The first-order valence-corrected chi connectivity index (χ1v) is 10.8.